The van der Waals surface area contributed by atoms with Crippen molar-refractivity contribution in [3.05, 3.63) is 58.9 Å². The Hall–Kier alpha value is -2.65. The first kappa shape index (κ1) is 23.5. The van der Waals surface area contributed by atoms with E-state index in [1.807, 2.05) is 11.0 Å². The van der Waals surface area contributed by atoms with Gasteiger partial charge in [-0.05, 0) is 48.9 Å². The summed E-state index contributed by atoms with van der Waals surface area (Å²) in [5.41, 5.74) is 0.703. The van der Waals surface area contributed by atoms with Crippen LogP contribution in [-0.2, 0) is 23.9 Å². The van der Waals surface area contributed by atoms with E-state index < -0.39 is 17.6 Å². The van der Waals surface area contributed by atoms with Crippen molar-refractivity contribution in [1.29, 1.82) is 0 Å². The van der Waals surface area contributed by atoms with Crippen molar-refractivity contribution in [3.63, 3.8) is 0 Å². The summed E-state index contributed by atoms with van der Waals surface area (Å²) in [6.45, 7) is 5.82. The second kappa shape index (κ2) is 9.69. The summed E-state index contributed by atoms with van der Waals surface area (Å²) >= 11 is 0. The third-order valence-corrected chi connectivity index (χ3v) is 6.26. The minimum atomic E-state index is -4.76. The van der Waals surface area contributed by atoms with E-state index in [9.17, 15) is 22.4 Å². The number of rotatable bonds is 5. The Morgan fingerprint density at radius 3 is 2.36 bits per heavy atom. The molecular formula is C24H27F4N3O2. The standard InChI is InChI=1S/C24H27F4N3O2/c1-29-10-12-30(13-11-29)8-7-23(32)31-9-6-17-2-3-19(14-18(17)16-31)33-20-4-5-21(22(25)15-20)24(26,27)28/h2-5,14-15H,6-13,16H2,1H3. The van der Waals surface area contributed by atoms with Crippen molar-refractivity contribution in [1.82, 2.24) is 14.7 Å². The molecule has 1 amide bonds. The van der Waals surface area contributed by atoms with Gasteiger partial charge in [0.2, 0.25) is 5.91 Å². The van der Waals surface area contributed by atoms with E-state index in [0.717, 1.165) is 62.4 Å². The summed E-state index contributed by atoms with van der Waals surface area (Å²) in [5, 5.41) is 0. The first-order valence-electron chi connectivity index (χ1n) is 11.0. The third-order valence-electron chi connectivity index (χ3n) is 6.26. The molecule has 2 heterocycles. The van der Waals surface area contributed by atoms with Gasteiger partial charge in [-0.3, -0.25) is 4.79 Å². The summed E-state index contributed by atoms with van der Waals surface area (Å²) in [7, 11) is 2.10. The lowest BCUT2D eigenvalue weighted by atomic mass is 9.99. The molecule has 178 valence electrons. The van der Waals surface area contributed by atoms with Crippen LogP contribution in [0.4, 0.5) is 17.6 Å². The Kier molecular flexibility index (Phi) is 6.90. The van der Waals surface area contributed by atoms with Gasteiger partial charge in [-0.15, -0.1) is 0 Å². The number of fused-ring (bicyclic) bond motifs is 1. The molecule has 2 aliphatic heterocycles. The maximum atomic E-state index is 13.8. The zero-order chi connectivity index (χ0) is 23.6. The van der Waals surface area contributed by atoms with Crippen LogP contribution in [0.3, 0.4) is 0 Å². The molecule has 0 radical (unpaired) electrons. The van der Waals surface area contributed by atoms with Gasteiger partial charge >= 0.3 is 6.18 Å². The maximum absolute atomic E-state index is 13.8. The molecule has 0 unspecified atom stereocenters. The molecule has 33 heavy (non-hydrogen) atoms. The maximum Gasteiger partial charge on any atom is 0.419 e. The molecule has 2 aromatic carbocycles. The molecule has 9 heteroatoms. The molecule has 0 atom stereocenters. The fraction of sp³-hybridized carbons (Fsp3) is 0.458. The largest absolute Gasteiger partial charge is 0.457 e. The molecule has 1 saturated heterocycles. The van der Waals surface area contributed by atoms with Crippen LogP contribution < -0.4 is 4.74 Å². The number of nitrogens with zero attached hydrogens (tertiary/aromatic N) is 3. The number of carbonyl (C=O) groups is 1. The number of likely N-dealkylation sites (N-methyl/N-ethyl adjacent to an activating group) is 1. The zero-order valence-corrected chi connectivity index (χ0v) is 18.5. The minimum Gasteiger partial charge on any atom is -0.457 e. The number of carbonyl (C=O) groups excluding carboxylic acids is 1. The van der Waals surface area contributed by atoms with Crippen LogP contribution in [0, 0.1) is 5.82 Å². The van der Waals surface area contributed by atoms with Crippen LogP contribution in [0.5, 0.6) is 11.5 Å². The molecule has 0 N–H and O–H groups in total. The molecule has 0 spiro atoms. The highest BCUT2D eigenvalue weighted by Gasteiger charge is 2.34. The van der Waals surface area contributed by atoms with Crippen molar-refractivity contribution in [2.75, 3.05) is 46.3 Å². The first-order valence-corrected chi connectivity index (χ1v) is 11.0. The van der Waals surface area contributed by atoms with Crippen molar-refractivity contribution in [2.45, 2.75) is 25.6 Å². The number of benzene rings is 2. The van der Waals surface area contributed by atoms with Gasteiger partial charge in [0.15, 0.2) is 0 Å². The van der Waals surface area contributed by atoms with Crippen LogP contribution in [0.25, 0.3) is 0 Å². The quantitative estimate of drug-likeness (QED) is 0.622. The highest BCUT2D eigenvalue weighted by Crippen LogP contribution is 2.34. The number of amides is 1. The van der Waals surface area contributed by atoms with Gasteiger partial charge in [-0.25, -0.2) is 4.39 Å². The van der Waals surface area contributed by atoms with Crippen molar-refractivity contribution in [2.24, 2.45) is 0 Å². The first-order chi connectivity index (χ1) is 15.7. The van der Waals surface area contributed by atoms with E-state index >= 15 is 0 Å². The normalized spacial score (nSPS) is 17.7. The second-order valence-electron chi connectivity index (χ2n) is 8.63. The molecule has 0 aliphatic carbocycles. The Morgan fingerprint density at radius 2 is 1.67 bits per heavy atom. The molecule has 4 rings (SSSR count). The minimum absolute atomic E-state index is 0.0173. The Bertz CT molecular complexity index is 1000. The van der Waals surface area contributed by atoms with Crippen molar-refractivity contribution >= 4 is 5.91 Å². The Labute approximate surface area is 190 Å². The number of hydrogen-bond acceptors (Lipinski definition) is 4. The highest BCUT2D eigenvalue weighted by atomic mass is 19.4. The molecule has 2 aromatic rings. The molecular weight excluding hydrogens is 438 g/mol. The Morgan fingerprint density at radius 1 is 0.970 bits per heavy atom. The van der Waals surface area contributed by atoms with Crippen LogP contribution in [0.2, 0.25) is 0 Å². The van der Waals surface area contributed by atoms with Gasteiger partial charge in [0, 0.05) is 58.3 Å². The third kappa shape index (κ3) is 5.83. The zero-order valence-electron chi connectivity index (χ0n) is 18.5. The van der Waals surface area contributed by atoms with Gasteiger partial charge in [-0.1, -0.05) is 6.07 Å². The summed E-state index contributed by atoms with van der Waals surface area (Å²) < 4.78 is 57.7. The predicted molar refractivity (Wildman–Crippen MR) is 116 cm³/mol. The molecule has 1 fully saturated rings. The summed E-state index contributed by atoms with van der Waals surface area (Å²) in [6, 6.07) is 7.86. The lowest BCUT2D eigenvalue weighted by molar-refractivity contribution is -0.140. The Balaban J connectivity index is 1.37. The summed E-state index contributed by atoms with van der Waals surface area (Å²) in [6.07, 6.45) is -3.56. The van der Waals surface area contributed by atoms with Gasteiger partial charge in [-0.2, -0.15) is 13.2 Å². The van der Waals surface area contributed by atoms with Crippen molar-refractivity contribution in [3.8, 4) is 11.5 Å². The topological polar surface area (TPSA) is 36.0 Å². The highest BCUT2D eigenvalue weighted by molar-refractivity contribution is 5.76. The number of piperazine rings is 1. The lowest BCUT2D eigenvalue weighted by Crippen LogP contribution is -2.46. The van der Waals surface area contributed by atoms with Crippen LogP contribution >= 0.6 is 0 Å². The van der Waals surface area contributed by atoms with E-state index in [1.54, 1.807) is 12.1 Å². The average molecular weight is 465 g/mol. The molecule has 0 aromatic heterocycles. The lowest BCUT2D eigenvalue weighted by Gasteiger charge is -2.33. The number of ether oxygens (including phenoxy) is 1. The van der Waals surface area contributed by atoms with E-state index in [2.05, 4.69) is 16.8 Å². The smallest absolute Gasteiger partial charge is 0.419 e. The van der Waals surface area contributed by atoms with Crippen LogP contribution in [0.15, 0.2) is 36.4 Å². The fourth-order valence-corrected chi connectivity index (χ4v) is 4.22. The number of halogens is 4. The van der Waals surface area contributed by atoms with Gasteiger partial charge in [0.25, 0.3) is 0 Å². The molecule has 2 aliphatic rings. The number of hydrogen-bond donors (Lipinski definition) is 0. The van der Waals surface area contributed by atoms with Crippen molar-refractivity contribution < 1.29 is 27.1 Å². The molecule has 5 nitrogen and oxygen atoms in total. The van der Waals surface area contributed by atoms with Gasteiger partial charge in [0.1, 0.15) is 17.3 Å². The predicted octanol–water partition coefficient (Wildman–Crippen LogP) is 4.16. The summed E-state index contributed by atoms with van der Waals surface area (Å²) in [4.78, 5) is 19.2. The van der Waals surface area contributed by atoms with E-state index in [4.69, 9.17) is 4.74 Å². The monoisotopic (exact) mass is 465 g/mol. The van der Waals surface area contributed by atoms with Gasteiger partial charge < -0.3 is 19.4 Å². The van der Waals surface area contributed by atoms with E-state index in [-0.39, 0.29) is 11.7 Å². The summed E-state index contributed by atoms with van der Waals surface area (Å²) in [5.74, 6) is -0.901. The SMILES string of the molecule is CN1CCN(CCC(=O)N2CCc3ccc(Oc4ccc(C(F)(F)F)c(F)c4)cc3C2)CC1. The fourth-order valence-electron chi connectivity index (χ4n) is 4.22. The van der Waals surface area contributed by atoms with E-state index in [0.29, 0.717) is 31.3 Å². The van der Waals surface area contributed by atoms with E-state index in [1.165, 1.54) is 0 Å². The van der Waals surface area contributed by atoms with Crippen LogP contribution in [-0.4, -0.2) is 66.9 Å². The van der Waals surface area contributed by atoms with Crippen LogP contribution in [0.1, 0.15) is 23.1 Å². The van der Waals surface area contributed by atoms with Gasteiger partial charge in [0.05, 0.1) is 5.56 Å². The molecule has 0 saturated carbocycles. The molecule has 0 bridgehead atoms. The average Bonchev–Trinajstić information content (AvgIpc) is 2.77. The second-order valence-corrected chi connectivity index (χ2v) is 8.63. The number of alkyl halides is 3.